The second-order valence-corrected chi connectivity index (χ2v) is 4.42. The zero-order chi connectivity index (χ0) is 11.4. The fourth-order valence-electron chi connectivity index (χ4n) is 2.20. The summed E-state index contributed by atoms with van der Waals surface area (Å²) in [5.74, 6) is 0.872. The van der Waals surface area contributed by atoms with Gasteiger partial charge in [0.1, 0.15) is 6.33 Å². The summed E-state index contributed by atoms with van der Waals surface area (Å²) in [7, 11) is 3.69. The third-order valence-corrected chi connectivity index (χ3v) is 3.20. The molecule has 1 aliphatic carbocycles. The lowest BCUT2D eigenvalue weighted by atomic mass is 9.93. The van der Waals surface area contributed by atoms with Crippen LogP contribution in [0.15, 0.2) is 6.33 Å². The molecule has 0 unspecified atom stereocenters. The summed E-state index contributed by atoms with van der Waals surface area (Å²) in [4.78, 5) is 4.20. The van der Waals surface area contributed by atoms with Crippen molar-refractivity contribution in [2.75, 3.05) is 7.11 Å². The fourth-order valence-corrected chi connectivity index (χ4v) is 2.20. The molecule has 1 aromatic heterocycles. The standard InChI is InChI=1S/C11H20N4O/c1-15-8-13-11(14-15)7-12-9-3-5-10(16-2)6-4-9/h8-10,12H,3-7H2,1-2H3. The Hall–Kier alpha value is -0.940. The van der Waals surface area contributed by atoms with Crippen LogP contribution in [-0.2, 0) is 18.3 Å². The van der Waals surface area contributed by atoms with Crippen molar-refractivity contribution < 1.29 is 4.74 Å². The summed E-state index contributed by atoms with van der Waals surface area (Å²) in [6, 6.07) is 0.593. The molecule has 0 radical (unpaired) electrons. The van der Waals surface area contributed by atoms with Crippen LogP contribution in [0.3, 0.4) is 0 Å². The summed E-state index contributed by atoms with van der Waals surface area (Å²) in [5, 5.41) is 7.75. The summed E-state index contributed by atoms with van der Waals surface area (Å²) in [6.07, 6.45) is 6.88. The maximum Gasteiger partial charge on any atom is 0.164 e. The Labute approximate surface area is 96.2 Å². The number of methoxy groups -OCH3 is 1. The summed E-state index contributed by atoms with van der Waals surface area (Å²) in [6.45, 7) is 0.767. The summed E-state index contributed by atoms with van der Waals surface area (Å²) >= 11 is 0. The van der Waals surface area contributed by atoms with E-state index in [0.717, 1.165) is 25.2 Å². The molecule has 1 heterocycles. The number of aryl methyl sites for hydroxylation is 1. The van der Waals surface area contributed by atoms with Crippen LogP contribution in [0.2, 0.25) is 0 Å². The van der Waals surface area contributed by atoms with E-state index in [4.69, 9.17) is 4.74 Å². The van der Waals surface area contributed by atoms with Gasteiger partial charge in [0.05, 0.1) is 12.6 Å². The van der Waals surface area contributed by atoms with Crippen LogP contribution in [0.1, 0.15) is 31.5 Å². The van der Waals surface area contributed by atoms with E-state index in [9.17, 15) is 0 Å². The summed E-state index contributed by atoms with van der Waals surface area (Å²) in [5.41, 5.74) is 0. The number of hydrogen-bond acceptors (Lipinski definition) is 4. The molecule has 0 bridgehead atoms. The van der Waals surface area contributed by atoms with Gasteiger partial charge < -0.3 is 10.1 Å². The normalized spacial score (nSPS) is 25.9. The first kappa shape index (κ1) is 11.5. The molecule has 0 spiro atoms. The molecule has 5 heteroatoms. The van der Waals surface area contributed by atoms with Crippen LogP contribution in [0.5, 0.6) is 0 Å². The second kappa shape index (κ2) is 5.41. The van der Waals surface area contributed by atoms with Gasteiger partial charge in [0, 0.05) is 20.2 Å². The van der Waals surface area contributed by atoms with E-state index >= 15 is 0 Å². The van der Waals surface area contributed by atoms with Crippen LogP contribution in [0.4, 0.5) is 0 Å². The van der Waals surface area contributed by atoms with Crippen LogP contribution in [-0.4, -0.2) is 34.0 Å². The number of hydrogen-bond donors (Lipinski definition) is 1. The topological polar surface area (TPSA) is 52.0 Å². The van der Waals surface area contributed by atoms with Gasteiger partial charge in [-0.25, -0.2) is 4.98 Å². The predicted molar refractivity (Wildman–Crippen MR) is 60.9 cm³/mol. The molecule has 1 saturated carbocycles. The largest absolute Gasteiger partial charge is 0.381 e. The Kier molecular flexibility index (Phi) is 3.90. The van der Waals surface area contributed by atoms with Gasteiger partial charge in [0.15, 0.2) is 5.82 Å². The number of ether oxygens (including phenoxy) is 1. The minimum Gasteiger partial charge on any atom is -0.381 e. The van der Waals surface area contributed by atoms with Crippen molar-refractivity contribution in [1.29, 1.82) is 0 Å². The average molecular weight is 224 g/mol. The molecular formula is C11H20N4O. The first-order chi connectivity index (χ1) is 7.78. The Morgan fingerprint density at radius 3 is 2.75 bits per heavy atom. The molecule has 1 N–H and O–H groups in total. The van der Waals surface area contributed by atoms with Gasteiger partial charge in [-0.15, -0.1) is 0 Å². The Balaban J connectivity index is 1.71. The molecule has 1 aliphatic rings. The van der Waals surface area contributed by atoms with Gasteiger partial charge in [-0.3, -0.25) is 4.68 Å². The number of nitrogens with one attached hydrogen (secondary N) is 1. The van der Waals surface area contributed by atoms with Gasteiger partial charge in [-0.2, -0.15) is 5.10 Å². The predicted octanol–water partition coefficient (Wildman–Crippen LogP) is 0.862. The Bertz CT molecular complexity index is 318. The van der Waals surface area contributed by atoms with Crippen molar-refractivity contribution in [2.24, 2.45) is 7.05 Å². The molecule has 0 saturated heterocycles. The Morgan fingerprint density at radius 2 is 2.19 bits per heavy atom. The van der Waals surface area contributed by atoms with Gasteiger partial charge in [-0.1, -0.05) is 0 Å². The number of nitrogens with zero attached hydrogens (tertiary/aromatic N) is 3. The highest BCUT2D eigenvalue weighted by Gasteiger charge is 2.20. The minimum atomic E-state index is 0.464. The van der Waals surface area contributed by atoms with Crippen molar-refractivity contribution in [3.63, 3.8) is 0 Å². The maximum atomic E-state index is 5.35. The molecule has 0 aromatic carbocycles. The first-order valence-electron chi connectivity index (χ1n) is 5.88. The van der Waals surface area contributed by atoms with Gasteiger partial charge in [0.25, 0.3) is 0 Å². The highest BCUT2D eigenvalue weighted by atomic mass is 16.5. The first-order valence-corrected chi connectivity index (χ1v) is 5.88. The summed E-state index contributed by atoms with van der Waals surface area (Å²) < 4.78 is 7.08. The molecule has 2 rings (SSSR count). The van der Waals surface area contributed by atoms with E-state index in [2.05, 4.69) is 15.4 Å². The molecular weight excluding hydrogens is 204 g/mol. The smallest absolute Gasteiger partial charge is 0.164 e. The molecule has 0 aliphatic heterocycles. The lowest BCUT2D eigenvalue weighted by Gasteiger charge is -2.27. The third kappa shape index (κ3) is 3.02. The van der Waals surface area contributed by atoms with Crippen molar-refractivity contribution in [2.45, 2.75) is 44.4 Å². The zero-order valence-electron chi connectivity index (χ0n) is 10.0. The van der Waals surface area contributed by atoms with Crippen LogP contribution >= 0.6 is 0 Å². The Morgan fingerprint density at radius 1 is 1.44 bits per heavy atom. The van der Waals surface area contributed by atoms with Crippen molar-refractivity contribution >= 4 is 0 Å². The van der Waals surface area contributed by atoms with E-state index in [1.807, 2.05) is 7.05 Å². The van der Waals surface area contributed by atoms with E-state index in [1.54, 1.807) is 18.1 Å². The number of rotatable bonds is 4. The molecule has 0 atom stereocenters. The van der Waals surface area contributed by atoms with Crippen molar-refractivity contribution in [3.05, 3.63) is 12.2 Å². The van der Waals surface area contributed by atoms with Crippen molar-refractivity contribution in [3.8, 4) is 0 Å². The molecule has 0 amide bonds. The van der Waals surface area contributed by atoms with E-state index in [1.165, 1.54) is 12.8 Å². The van der Waals surface area contributed by atoms with Crippen LogP contribution in [0, 0.1) is 0 Å². The highest BCUT2D eigenvalue weighted by Crippen LogP contribution is 2.20. The van der Waals surface area contributed by atoms with Gasteiger partial charge in [0.2, 0.25) is 0 Å². The van der Waals surface area contributed by atoms with Gasteiger partial charge in [-0.05, 0) is 25.7 Å². The SMILES string of the molecule is COC1CCC(NCc2ncn(C)n2)CC1. The van der Waals surface area contributed by atoms with E-state index in [-0.39, 0.29) is 0 Å². The lowest BCUT2D eigenvalue weighted by Crippen LogP contribution is -2.34. The molecule has 1 aromatic rings. The van der Waals surface area contributed by atoms with Gasteiger partial charge >= 0.3 is 0 Å². The number of aromatic nitrogens is 3. The fraction of sp³-hybridized carbons (Fsp3) is 0.818. The molecule has 90 valence electrons. The second-order valence-electron chi connectivity index (χ2n) is 4.42. The lowest BCUT2D eigenvalue weighted by molar-refractivity contribution is 0.0623. The maximum absolute atomic E-state index is 5.35. The average Bonchev–Trinajstić information content (AvgIpc) is 2.73. The molecule has 16 heavy (non-hydrogen) atoms. The van der Waals surface area contributed by atoms with Crippen LogP contribution < -0.4 is 5.32 Å². The molecule has 1 fully saturated rings. The van der Waals surface area contributed by atoms with E-state index in [0.29, 0.717) is 12.1 Å². The third-order valence-electron chi connectivity index (χ3n) is 3.20. The monoisotopic (exact) mass is 224 g/mol. The van der Waals surface area contributed by atoms with E-state index < -0.39 is 0 Å². The quantitative estimate of drug-likeness (QED) is 0.824. The minimum absolute atomic E-state index is 0.464. The molecule has 5 nitrogen and oxygen atoms in total. The van der Waals surface area contributed by atoms with Crippen LogP contribution in [0.25, 0.3) is 0 Å². The highest BCUT2D eigenvalue weighted by molar-refractivity contribution is 4.84. The van der Waals surface area contributed by atoms with Crippen molar-refractivity contribution in [1.82, 2.24) is 20.1 Å². The zero-order valence-corrected chi connectivity index (χ0v) is 10.0.